The Bertz CT molecular complexity index is 453. The van der Waals surface area contributed by atoms with E-state index in [0.29, 0.717) is 0 Å². The Kier molecular flexibility index (Phi) is 4.92. The van der Waals surface area contributed by atoms with Crippen LogP contribution in [-0.4, -0.2) is 0 Å². The minimum Gasteiger partial charge on any atom is -0.166 e. The Hall–Kier alpha value is -0.520. The van der Waals surface area contributed by atoms with E-state index >= 15 is 0 Å². The third-order valence-electron chi connectivity index (χ3n) is 3.40. The molecule has 0 atom stereocenters. The van der Waals surface area contributed by atoms with Crippen LogP contribution in [0.4, 0.5) is 13.2 Å². The first-order valence-corrected chi connectivity index (χ1v) is 8.76. The van der Waals surface area contributed by atoms with E-state index in [9.17, 15) is 13.2 Å². The lowest BCUT2D eigenvalue weighted by Crippen LogP contribution is -3.59. The average molecular weight is 381 g/mol. The van der Waals surface area contributed by atoms with E-state index < -0.39 is 32.9 Å². The zero-order valence-electron chi connectivity index (χ0n) is 10.8. The fourth-order valence-electron chi connectivity index (χ4n) is 2.11. The van der Waals surface area contributed by atoms with Crippen molar-refractivity contribution in [3.05, 3.63) is 43.1 Å². The van der Waals surface area contributed by atoms with Gasteiger partial charge < -0.3 is 0 Å². The molecule has 0 aromatic heterocycles. The minimum atomic E-state index is -4.23. The zero-order chi connectivity index (χ0) is 13.9. The highest BCUT2D eigenvalue weighted by atomic mass is 127. The van der Waals surface area contributed by atoms with Gasteiger partial charge in [-0.15, -0.1) is 0 Å². The second kappa shape index (κ2) is 6.29. The molecule has 0 spiro atoms. The molecular weight excluding hydrogens is 364 g/mol. The van der Waals surface area contributed by atoms with Gasteiger partial charge in [-0.25, -0.2) is 0 Å². The van der Waals surface area contributed by atoms with E-state index in [-0.39, 0.29) is 0 Å². The van der Waals surface area contributed by atoms with Gasteiger partial charge in [-0.05, 0) is 49.3 Å². The molecule has 0 saturated heterocycles. The summed E-state index contributed by atoms with van der Waals surface area (Å²) in [5.41, 5.74) is 0.920. The van der Waals surface area contributed by atoms with Crippen LogP contribution in [0.2, 0.25) is 0 Å². The summed E-state index contributed by atoms with van der Waals surface area (Å²) in [7, 11) is 0. The number of halogens is 4. The summed E-state index contributed by atoms with van der Waals surface area (Å²) < 4.78 is 40.9. The molecule has 0 aliphatic heterocycles. The van der Waals surface area contributed by atoms with E-state index in [1.165, 1.54) is 30.5 Å². The molecule has 0 bridgehead atoms. The third kappa shape index (κ3) is 4.51. The van der Waals surface area contributed by atoms with Gasteiger partial charge in [0.15, 0.2) is 7.65 Å². The quantitative estimate of drug-likeness (QED) is 0.689. The van der Waals surface area contributed by atoms with Crippen molar-refractivity contribution in [2.24, 2.45) is 5.92 Å². The standard InChI is InChI=1S/C15H17F3I/c1-11-5-7-12(8-6-11)10-19-14-4-2-3-13(9-14)15(16,17)18/h2-4,9-11H,5-8H2,1H3/q+1. The smallest absolute Gasteiger partial charge is 0.166 e. The second-order valence-electron chi connectivity index (χ2n) is 5.07. The van der Waals surface area contributed by atoms with Crippen LogP contribution < -0.4 is 21.2 Å². The van der Waals surface area contributed by atoms with Crippen LogP contribution in [0.15, 0.2) is 33.9 Å². The van der Waals surface area contributed by atoms with E-state index in [4.69, 9.17) is 0 Å². The number of allylic oxidation sites excluding steroid dienone is 1. The van der Waals surface area contributed by atoms with Crippen LogP contribution in [0.5, 0.6) is 0 Å². The molecule has 0 nitrogen and oxygen atoms in total. The van der Waals surface area contributed by atoms with Crippen molar-refractivity contribution in [3.8, 4) is 0 Å². The Morgan fingerprint density at radius 3 is 2.53 bits per heavy atom. The fourth-order valence-corrected chi connectivity index (χ4v) is 4.47. The zero-order valence-corrected chi connectivity index (χ0v) is 13.0. The fraction of sp³-hybridized carbons (Fsp3) is 0.467. The van der Waals surface area contributed by atoms with Gasteiger partial charge in [0.05, 0.1) is 5.56 Å². The molecule has 0 unspecified atom stereocenters. The summed E-state index contributed by atoms with van der Waals surface area (Å²) in [5.74, 6) is 0.795. The third-order valence-corrected chi connectivity index (χ3v) is 5.99. The Morgan fingerprint density at radius 2 is 1.89 bits per heavy atom. The Labute approximate surface area is 122 Å². The van der Waals surface area contributed by atoms with Crippen molar-refractivity contribution in [2.45, 2.75) is 38.8 Å². The van der Waals surface area contributed by atoms with Gasteiger partial charge in [-0.3, -0.25) is 0 Å². The summed E-state index contributed by atoms with van der Waals surface area (Å²) in [6.45, 7) is 2.26. The van der Waals surface area contributed by atoms with Crippen LogP contribution in [0.25, 0.3) is 0 Å². The first-order chi connectivity index (χ1) is 8.95. The molecule has 0 heterocycles. The molecular formula is C15H17F3I+. The first-order valence-electron chi connectivity index (χ1n) is 6.44. The number of rotatable bonds is 2. The predicted molar refractivity (Wildman–Crippen MR) is 65.9 cm³/mol. The lowest BCUT2D eigenvalue weighted by molar-refractivity contribution is -0.558. The summed E-state index contributed by atoms with van der Waals surface area (Å²) in [6, 6.07) is 5.77. The maximum Gasteiger partial charge on any atom is 0.416 e. The molecule has 1 aromatic carbocycles. The van der Waals surface area contributed by atoms with Crippen molar-refractivity contribution in [3.63, 3.8) is 0 Å². The highest BCUT2D eigenvalue weighted by Gasteiger charge is 2.31. The molecule has 1 saturated carbocycles. The molecule has 1 aliphatic carbocycles. The van der Waals surface area contributed by atoms with E-state index in [0.717, 1.165) is 28.4 Å². The van der Waals surface area contributed by atoms with Gasteiger partial charge in [0.25, 0.3) is 0 Å². The summed E-state index contributed by atoms with van der Waals surface area (Å²) in [4.78, 5) is 0. The molecule has 2 rings (SSSR count). The number of benzene rings is 1. The van der Waals surface area contributed by atoms with Crippen LogP contribution in [0, 0.1) is 9.49 Å². The van der Waals surface area contributed by atoms with Gasteiger partial charge in [0, 0.05) is 6.07 Å². The molecule has 0 amide bonds. The van der Waals surface area contributed by atoms with Gasteiger partial charge in [-0.2, -0.15) is 13.2 Å². The maximum absolute atomic E-state index is 12.6. The van der Waals surface area contributed by atoms with Gasteiger partial charge in [-0.1, -0.05) is 13.0 Å². The van der Waals surface area contributed by atoms with Crippen LogP contribution in [-0.2, 0) is 6.18 Å². The van der Waals surface area contributed by atoms with Crippen molar-refractivity contribution in [1.82, 2.24) is 0 Å². The molecule has 19 heavy (non-hydrogen) atoms. The second-order valence-corrected chi connectivity index (χ2v) is 7.56. The lowest BCUT2D eigenvalue weighted by atomic mass is 9.88. The Balaban J connectivity index is 2.02. The van der Waals surface area contributed by atoms with Crippen molar-refractivity contribution >= 4 is 0 Å². The summed E-state index contributed by atoms with van der Waals surface area (Å²) in [5, 5.41) is 0. The van der Waals surface area contributed by atoms with Crippen molar-refractivity contribution in [2.75, 3.05) is 0 Å². The number of hydrogen-bond acceptors (Lipinski definition) is 0. The van der Waals surface area contributed by atoms with Gasteiger partial charge >= 0.3 is 27.4 Å². The van der Waals surface area contributed by atoms with Crippen molar-refractivity contribution < 1.29 is 34.4 Å². The highest BCUT2D eigenvalue weighted by molar-refractivity contribution is 5.17. The average Bonchev–Trinajstić information content (AvgIpc) is 2.37. The Morgan fingerprint density at radius 1 is 1.21 bits per heavy atom. The van der Waals surface area contributed by atoms with Crippen LogP contribution in [0.1, 0.15) is 38.2 Å². The summed E-state index contributed by atoms with van der Waals surface area (Å²) in [6.07, 6.45) is 0.461. The predicted octanol–water partition coefficient (Wildman–Crippen LogP) is 2.06. The largest absolute Gasteiger partial charge is 0.416 e. The van der Waals surface area contributed by atoms with E-state index in [2.05, 4.69) is 11.0 Å². The minimum absolute atomic E-state index is 0.440. The monoisotopic (exact) mass is 381 g/mol. The van der Waals surface area contributed by atoms with E-state index in [1.807, 2.05) is 6.07 Å². The molecule has 0 radical (unpaired) electrons. The molecule has 1 aromatic rings. The normalized spacial score (nSPS) is 20.4. The topological polar surface area (TPSA) is 0 Å². The number of hydrogen-bond donors (Lipinski definition) is 0. The molecule has 1 aliphatic rings. The maximum atomic E-state index is 12.6. The molecule has 0 N–H and O–H groups in total. The number of alkyl halides is 3. The van der Waals surface area contributed by atoms with Crippen LogP contribution in [0.3, 0.4) is 0 Å². The molecule has 1 fully saturated rings. The SMILES string of the molecule is CC1CCC(=C[I+]c2cccc(C(F)(F)F)c2)CC1. The highest BCUT2D eigenvalue weighted by Crippen LogP contribution is 2.28. The summed E-state index contributed by atoms with van der Waals surface area (Å²) >= 11 is -0.440. The lowest BCUT2D eigenvalue weighted by Gasteiger charge is -2.18. The van der Waals surface area contributed by atoms with Crippen molar-refractivity contribution in [1.29, 1.82) is 0 Å². The van der Waals surface area contributed by atoms with Gasteiger partial charge in [0.2, 0.25) is 0 Å². The molecule has 104 valence electrons. The first kappa shape index (κ1) is 14.9. The van der Waals surface area contributed by atoms with Gasteiger partial charge in [0.1, 0.15) is 0 Å². The van der Waals surface area contributed by atoms with E-state index in [1.54, 1.807) is 0 Å². The van der Waals surface area contributed by atoms with Crippen LogP contribution >= 0.6 is 0 Å². The molecule has 4 heteroatoms.